The van der Waals surface area contributed by atoms with Gasteiger partial charge in [-0.05, 0) is 42.9 Å². The summed E-state index contributed by atoms with van der Waals surface area (Å²) >= 11 is 0. The van der Waals surface area contributed by atoms with Crippen LogP contribution in [-0.4, -0.2) is 75.6 Å². The van der Waals surface area contributed by atoms with Crippen LogP contribution in [0.1, 0.15) is 29.6 Å². The second-order valence-corrected chi connectivity index (χ2v) is 7.86. The quantitative estimate of drug-likeness (QED) is 0.728. The summed E-state index contributed by atoms with van der Waals surface area (Å²) in [5, 5.41) is 14.6. The number of carbonyl (C=O) groups is 2. The maximum Gasteiger partial charge on any atom is 0.490 e. The van der Waals surface area contributed by atoms with E-state index in [1.54, 1.807) is 24.7 Å². The van der Waals surface area contributed by atoms with Crippen molar-refractivity contribution in [1.82, 2.24) is 20.1 Å². The number of carboxylic acid groups (broad SMARTS) is 1. The number of amides is 1. The number of aliphatic carboxylic acids is 1. The number of pyridine rings is 1. The molecule has 0 saturated carbocycles. The number of carbonyl (C=O) groups excluding carboxylic acids is 1. The van der Waals surface area contributed by atoms with Crippen LogP contribution in [0.2, 0.25) is 0 Å². The fraction of sp³-hybridized carbons (Fsp3) is 0.476. The molecular weight excluding hydrogens is 445 g/mol. The van der Waals surface area contributed by atoms with Gasteiger partial charge in [0.05, 0.1) is 36.9 Å². The van der Waals surface area contributed by atoms with E-state index in [1.807, 2.05) is 17.0 Å². The molecule has 0 aliphatic carbocycles. The molecule has 178 valence electrons. The first-order valence-electron chi connectivity index (χ1n) is 10.2. The van der Waals surface area contributed by atoms with E-state index in [9.17, 15) is 18.0 Å². The van der Waals surface area contributed by atoms with Gasteiger partial charge in [0.2, 0.25) is 0 Å². The molecule has 33 heavy (non-hydrogen) atoms. The summed E-state index contributed by atoms with van der Waals surface area (Å²) < 4.78 is 43.5. The van der Waals surface area contributed by atoms with Gasteiger partial charge in [-0.25, -0.2) is 4.79 Å². The Morgan fingerprint density at radius 3 is 2.48 bits per heavy atom. The van der Waals surface area contributed by atoms with Gasteiger partial charge in [-0.1, -0.05) is 0 Å². The highest BCUT2D eigenvalue weighted by Crippen LogP contribution is 2.42. The number of ether oxygens (including phenoxy) is 2. The summed E-state index contributed by atoms with van der Waals surface area (Å²) in [4.78, 5) is 27.4. The molecule has 1 amide bonds. The van der Waals surface area contributed by atoms with E-state index in [1.165, 1.54) is 6.20 Å². The van der Waals surface area contributed by atoms with Crippen molar-refractivity contribution in [2.24, 2.45) is 5.41 Å². The van der Waals surface area contributed by atoms with Crippen LogP contribution in [0.15, 0.2) is 43.0 Å². The second kappa shape index (κ2) is 10.6. The van der Waals surface area contributed by atoms with Crippen LogP contribution in [-0.2, 0) is 9.53 Å². The number of hydrogen-bond donors (Lipinski definition) is 1. The third-order valence-electron chi connectivity index (χ3n) is 5.54. The summed E-state index contributed by atoms with van der Waals surface area (Å²) in [5.74, 6) is -1.96. The molecule has 0 bridgehead atoms. The molecule has 9 nitrogen and oxygen atoms in total. The lowest BCUT2D eigenvalue weighted by molar-refractivity contribution is -0.192. The average Bonchev–Trinajstić information content (AvgIpc) is 3.21. The zero-order valence-corrected chi connectivity index (χ0v) is 17.6. The van der Waals surface area contributed by atoms with Crippen molar-refractivity contribution >= 4 is 11.9 Å². The van der Waals surface area contributed by atoms with Crippen molar-refractivity contribution in [1.29, 1.82) is 0 Å². The molecule has 12 heteroatoms. The van der Waals surface area contributed by atoms with E-state index in [-0.39, 0.29) is 17.4 Å². The minimum atomic E-state index is -5.08. The van der Waals surface area contributed by atoms with E-state index in [4.69, 9.17) is 19.4 Å². The first kappa shape index (κ1) is 24.4. The lowest BCUT2D eigenvalue weighted by Gasteiger charge is -2.38. The molecule has 1 N–H and O–H groups in total. The number of hydrogen-bond acceptors (Lipinski definition) is 7. The molecule has 1 spiro atoms. The Kier molecular flexibility index (Phi) is 7.79. The van der Waals surface area contributed by atoms with Gasteiger partial charge >= 0.3 is 12.1 Å². The Labute approximate surface area is 187 Å². The van der Waals surface area contributed by atoms with Crippen molar-refractivity contribution in [3.63, 3.8) is 0 Å². The van der Waals surface area contributed by atoms with Crippen molar-refractivity contribution in [2.45, 2.75) is 31.5 Å². The molecule has 4 heterocycles. The standard InChI is InChI=1S/C19H22N4O3.C2HF3O2/c24-18(15-3-7-21-22-11-15)23-8-4-19(5-9-23)10-17(26-14-19)13-25-16-2-1-6-20-12-16;3-2(4,5)1(6)7/h1-3,6-7,11-12,17H,4-5,8-10,13-14H2;(H,6,7). The van der Waals surface area contributed by atoms with Crippen molar-refractivity contribution in [3.05, 3.63) is 48.5 Å². The van der Waals surface area contributed by atoms with Crippen LogP contribution < -0.4 is 4.74 Å². The van der Waals surface area contributed by atoms with Crippen molar-refractivity contribution in [2.75, 3.05) is 26.3 Å². The van der Waals surface area contributed by atoms with Gasteiger partial charge in [-0.3, -0.25) is 9.78 Å². The molecule has 0 aromatic carbocycles. The van der Waals surface area contributed by atoms with Crippen molar-refractivity contribution in [3.8, 4) is 5.75 Å². The Hall–Kier alpha value is -3.28. The molecule has 1 atom stereocenters. The van der Waals surface area contributed by atoms with Gasteiger partial charge in [-0.15, -0.1) is 0 Å². The third-order valence-corrected chi connectivity index (χ3v) is 5.54. The first-order valence-corrected chi connectivity index (χ1v) is 10.2. The molecule has 2 saturated heterocycles. The summed E-state index contributed by atoms with van der Waals surface area (Å²) in [6.07, 6.45) is 4.43. The highest BCUT2D eigenvalue weighted by atomic mass is 19.4. The molecule has 1 unspecified atom stereocenters. The molecule has 0 radical (unpaired) electrons. The Bertz CT molecular complexity index is 923. The molecule has 2 aromatic rings. The topological polar surface area (TPSA) is 115 Å². The lowest BCUT2D eigenvalue weighted by Crippen LogP contribution is -2.43. The number of nitrogens with zero attached hydrogens (tertiary/aromatic N) is 4. The number of likely N-dealkylation sites (tertiary alicyclic amines) is 1. The minimum Gasteiger partial charge on any atom is -0.489 e. The van der Waals surface area contributed by atoms with Gasteiger partial charge in [0.25, 0.3) is 5.91 Å². The molecule has 2 aliphatic rings. The fourth-order valence-corrected chi connectivity index (χ4v) is 3.76. The lowest BCUT2D eigenvalue weighted by atomic mass is 9.76. The Morgan fingerprint density at radius 1 is 1.18 bits per heavy atom. The van der Waals surface area contributed by atoms with Crippen LogP contribution in [0.4, 0.5) is 13.2 Å². The maximum atomic E-state index is 12.5. The smallest absolute Gasteiger partial charge is 0.489 e. The molecule has 2 aliphatic heterocycles. The molecule has 2 aromatic heterocycles. The van der Waals surface area contributed by atoms with Crippen LogP contribution in [0.5, 0.6) is 5.75 Å². The second-order valence-electron chi connectivity index (χ2n) is 7.86. The number of halogens is 3. The van der Waals surface area contributed by atoms with E-state index in [2.05, 4.69) is 15.2 Å². The summed E-state index contributed by atoms with van der Waals surface area (Å²) in [5.41, 5.74) is 0.761. The van der Waals surface area contributed by atoms with Gasteiger partial charge in [0, 0.05) is 19.3 Å². The molecular formula is C21H23F3N4O5. The zero-order chi connectivity index (χ0) is 23.9. The van der Waals surface area contributed by atoms with Crippen LogP contribution in [0, 0.1) is 5.41 Å². The third kappa shape index (κ3) is 6.85. The number of carboxylic acids is 1. The highest BCUT2D eigenvalue weighted by molar-refractivity contribution is 5.93. The van der Waals surface area contributed by atoms with Gasteiger partial charge in [-0.2, -0.15) is 23.4 Å². The fourth-order valence-electron chi connectivity index (χ4n) is 3.76. The van der Waals surface area contributed by atoms with Gasteiger partial charge < -0.3 is 19.5 Å². The highest BCUT2D eigenvalue weighted by Gasteiger charge is 2.43. The minimum absolute atomic E-state index is 0.0325. The van der Waals surface area contributed by atoms with Crippen LogP contribution in [0.3, 0.4) is 0 Å². The monoisotopic (exact) mass is 468 g/mol. The predicted octanol–water partition coefficient (Wildman–Crippen LogP) is 2.60. The summed E-state index contributed by atoms with van der Waals surface area (Å²) in [7, 11) is 0. The normalized spacial score (nSPS) is 19.5. The van der Waals surface area contributed by atoms with Crippen LogP contribution >= 0.6 is 0 Å². The molecule has 2 fully saturated rings. The number of aromatic nitrogens is 3. The first-order chi connectivity index (χ1) is 15.7. The summed E-state index contributed by atoms with van der Waals surface area (Å²) in [6.45, 7) is 2.78. The number of rotatable bonds is 4. The summed E-state index contributed by atoms with van der Waals surface area (Å²) in [6, 6.07) is 5.47. The van der Waals surface area contributed by atoms with E-state index >= 15 is 0 Å². The molecule has 4 rings (SSSR count). The van der Waals surface area contributed by atoms with E-state index in [0.29, 0.717) is 12.2 Å². The Balaban J connectivity index is 0.000000383. The van der Waals surface area contributed by atoms with E-state index < -0.39 is 12.1 Å². The number of alkyl halides is 3. The Morgan fingerprint density at radius 2 is 1.91 bits per heavy atom. The van der Waals surface area contributed by atoms with Gasteiger partial charge in [0.1, 0.15) is 12.4 Å². The van der Waals surface area contributed by atoms with Crippen LogP contribution in [0.25, 0.3) is 0 Å². The largest absolute Gasteiger partial charge is 0.490 e. The average molecular weight is 468 g/mol. The predicted molar refractivity (Wildman–Crippen MR) is 107 cm³/mol. The zero-order valence-electron chi connectivity index (χ0n) is 17.6. The maximum absolute atomic E-state index is 12.5. The van der Waals surface area contributed by atoms with E-state index in [0.717, 1.165) is 44.7 Å². The van der Waals surface area contributed by atoms with Crippen molar-refractivity contribution < 1.29 is 37.3 Å². The SMILES string of the molecule is O=C(O)C(F)(F)F.O=C(c1ccnnc1)N1CCC2(CC1)COC(COc1cccnc1)C2. The van der Waals surface area contributed by atoms with Gasteiger partial charge in [0.15, 0.2) is 0 Å². The number of piperidine rings is 1.